The van der Waals surface area contributed by atoms with Gasteiger partial charge in [0.05, 0.1) is 20.0 Å². The molecule has 25 heavy (non-hydrogen) atoms. The molecule has 1 amide bonds. The largest absolute Gasteiger partial charge is 0.308 e. The van der Waals surface area contributed by atoms with Gasteiger partial charge in [-0.2, -0.15) is 0 Å². The van der Waals surface area contributed by atoms with E-state index in [0.717, 1.165) is 26.0 Å². The monoisotopic (exact) mass is 364 g/mol. The van der Waals surface area contributed by atoms with Crippen LogP contribution >= 0.6 is 22.7 Å². The maximum Gasteiger partial charge on any atom is 0.268 e. The smallest absolute Gasteiger partial charge is 0.268 e. The predicted molar refractivity (Wildman–Crippen MR) is 107 cm³/mol. The van der Waals surface area contributed by atoms with Crippen LogP contribution in [0.4, 0.5) is 5.69 Å². The van der Waals surface area contributed by atoms with E-state index < -0.39 is 0 Å². The predicted octanol–water partition coefficient (Wildman–Crippen LogP) is 5.69. The summed E-state index contributed by atoms with van der Waals surface area (Å²) in [5.74, 6) is 0.0334. The lowest BCUT2D eigenvalue weighted by Crippen LogP contribution is -2.29. The van der Waals surface area contributed by atoms with Crippen molar-refractivity contribution in [1.29, 1.82) is 0 Å². The van der Waals surface area contributed by atoms with Crippen molar-refractivity contribution in [3.63, 3.8) is 0 Å². The van der Waals surface area contributed by atoms with Crippen molar-refractivity contribution in [1.82, 2.24) is 4.98 Å². The number of amides is 1. The number of nitrogens with zero attached hydrogens (tertiary/aromatic N) is 2. The van der Waals surface area contributed by atoms with Crippen LogP contribution in [-0.4, -0.2) is 17.4 Å². The summed E-state index contributed by atoms with van der Waals surface area (Å²) in [6, 6.07) is 21.8. The maximum atomic E-state index is 12.9. The summed E-state index contributed by atoms with van der Waals surface area (Å²) in [6.07, 6.45) is 0. The fourth-order valence-corrected chi connectivity index (χ4v) is 4.71. The summed E-state index contributed by atoms with van der Waals surface area (Å²) < 4.78 is 1.17. The van der Waals surface area contributed by atoms with E-state index in [1.54, 1.807) is 16.2 Å². The summed E-state index contributed by atoms with van der Waals surface area (Å²) in [4.78, 5) is 21.2. The third-order valence-electron chi connectivity index (χ3n) is 3.95. The zero-order valence-corrected chi connectivity index (χ0v) is 15.3. The van der Waals surface area contributed by atoms with Crippen LogP contribution in [0.15, 0.2) is 66.7 Å². The number of benzene rings is 2. The van der Waals surface area contributed by atoms with Gasteiger partial charge in [-0.05, 0) is 43.3 Å². The number of carbonyl (C=O) groups is 1. The fourth-order valence-electron chi connectivity index (χ4n) is 2.73. The first-order chi connectivity index (χ1) is 12.3. The number of thiophene rings is 1. The van der Waals surface area contributed by atoms with Gasteiger partial charge >= 0.3 is 0 Å². The van der Waals surface area contributed by atoms with Gasteiger partial charge in [0.25, 0.3) is 5.91 Å². The van der Waals surface area contributed by atoms with E-state index in [-0.39, 0.29) is 5.91 Å². The van der Waals surface area contributed by atoms with Crippen molar-refractivity contribution in [2.75, 3.05) is 11.4 Å². The number of rotatable bonds is 4. The molecule has 0 saturated heterocycles. The van der Waals surface area contributed by atoms with E-state index in [4.69, 9.17) is 0 Å². The maximum absolute atomic E-state index is 12.9. The first-order valence-corrected chi connectivity index (χ1v) is 9.72. The van der Waals surface area contributed by atoms with Crippen LogP contribution in [0.2, 0.25) is 0 Å². The van der Waals surface area contributed by atoms with E-state index >= 15 is 0 Å². The number of hydrogen-bond donors (Lipinski definition) is 0. The molecule has 0 spiro atoms. The Morgan fingerprint density at radius 2 is 1.72 bits per heavy atom. The summed E-state index contributed by atoms with van der Waals surface area (Å²) in [7, 11) is 0. The van der Waals surface area contributed by atoms with E-state index in [9.17, 15) is 4.79 Å². The van der Waals surface area contributed by atoms with Gasteiger partial charge < -0.3 is 4.90 Å². The quantitative estimate of drug-likeness (QED) is 0.466. The molecule has 0 aliphatic rings. The van der Waals surface area contributed by atoms with Gasteiger partial charge in [0.1, 0.15) is 5.01 Å². The minimum absolute atomic E-state index is 0.0334. The van der Waals surface area contributed by atoms with Crippen LogP contribution in [0.25, 0.3) is 20.1 Å². The van der Waals surface area contributed by atoms with Crippen molar-refractivity contribution >= 4 is 44.5 Å². The van der Waals surface area contributed by atoms with Gasteiger partial charge in [-0.3, -0.25) is 4.79 Å². The molecule has 2 aromatic carbocycles. The normalized spacial score (nSPS) is 10.9. The summed E-state index contributed by atoms with van der Waals surface area (Å²) in [5, 5.41) is 0.966. The molecule has 0 unspecified atom stereocenters. The first kappa shape index (κ1) is 16.0. The highest BCUT2D eigenvalue weighted by Gasteiger charge is 2.19. The van der Waals surface area contributed by atoms with Gasteiger partial charge in [-0.15, -0.1) is 22.7 Å². The second kappa shape index (κ2) is 6.78. The topological polar surface area (TPSA) is 33.2 Å². The van der Waals surface area contributed by atoms with Crippen LogP contribution in [0, 0.1) is 0 Å². The van der Waals surface area contributed by atoms with Crippen LogP contribution in [0.3, 0.4) is 0 Å². The Kier molecular flexibility index (Phi) is 4.34. The van der Waals surface area contributed by atoms with Gasteiger partial charge in [-0.1, -0.05) is 30.3 Å². The molecule has 0 aliphatic heterocycles. The summed E-state index contributed by atoms with van der Waals surface area (Å²) in [6.45, 7) is 2.63. The highest BCUT2D eigenvalue weighted by atomic mass is 32.1. The highest BCUT2D eigenvalue weighted by molar-refractivity contribution is 7.26. The van der Waals surface area contributed by atoms with Gasteiger partial charge in [0.15, 0.2) is 0 Å². The Balaban J connectivity index is 1.65. The number of hydrogen-bond acceptors (Lipinski definition) is 4. The zero-order valence-electron chi connectivity index (χ0n) is 13.7. The number of thiazole rings is 1. The molecule has 124 valence electrons. The Morgan fingerprint density at radius 1 is 0.960 bits per heavy atom. The second-order valence-corrected chi connectivity index (χ2v) is 7.65. The standard InChI is InChI=1S/C20H16N2OS2/c1-2-22(14-8-4-3-5-9-14)20(23)18-13-12-17(24-18)19-21-15-10-6-7-11-16(15)25-19/h3-13H,2H2,1H3. The number of anilines is 1. The van der Waals surface area contributed by atoms with Crippen molar-refractivity contribution in [3.8, 4) is 9.88 Å². The molecule has 0 saturated carbocycles. The second-order valence-electron chi connectivity index (χ2n) is 5.54. The lowest BCUT2D eigenvalue weighted by molar-refractivity contribution is 0.0992. The molecule has 0 aliphatic carbocycles. The van der Waals surface area contributed by atoms with E-state index in [1.807, 2.05) is 67.6 Å². The molecule has 3 nitrogen and oxygen atoms in total. The number of aromatic nitrogens is 1. The van der Waals surface area contributed by atoms with Crippen LogP contribution in [-0.2, 0) is 0 Å². The van der Waals surface area contributed by atoms with Crippen molar-refractivity contribution < 1.29 is 4.79 Å². The SMILES string of the molecule is CCN(C(=O)c1ccc(-c2nc3ccccc3s2)s1)c1ccccc1. The van der Waals surface area contributed by atoms with Crippen LogP contribution in [0.5, 0.6) is 0 Å². The molecule has 0 N–H and O–H groups in total. The van der Waals surface area contributed by atoms with Gasteiger partial charge in [-0.25, -0.2) is 4.98 Å². The van der Waals surface area contributed by atoms with E-state index in [1.165, 1.54) is 16.0 Å². The van der Waals surface area contributed by atoms with Gasteiger partial charge in [0, 0.05) is 12.2 Å². The average molecular weight is 364 g/mol. The Bertz CT molecular complexity index is 987. The highest BCUT2D eigenvalue weighted by Crippen LogP contribution is 2.35. The lowest BCUT2D eigenvalue weighted by atomic mass is 10.2. The molecule has 0 fully saturated rings. The molecule has 0 radical (unpaired) electrons. The van der Waals surface area contributed by atoms with Crippen molar-refractivity contribution in [3.05, 3.63) is 71.6 Å². The number of fused-ring (bicyclic) bond motifs is 1. The average Bonchev–Trinajstić information content (AvgIpc) is 3.30. The molecular weight excluding hydrogens is 348 g/mol. The zero-order chi connectivity index (χ0) is 17.2. The van der Waals surface area contributed by atoms with Gasteiger partial charge in [0.2, 0.25) is 0 Å². The minimum atomic E-state index is 0.0334. The van der Waals surface area contributed by atoms with Crippen molar-refractivity contribution in [2.24, 2.45) is 0 Å². The number of carbonyl (C=O) groups excluding carboxylic acids is 1. The summed E-state index contributed by atoms with van der Waals surface area (Å²) in [5.41, 5.74) is 1.92. The third kappa shape index (κ3) is 3.08. The molecule has 5 heteroatoms. The first-order valence-electron chi connectivity index (χ1n) is 8.09. The molecule has 2 heterocycles. The molecule has 0 atom stereocenters. The van der Waals surface area contributed by atoms with E-state index in [0.29, 0.717) is 6.54 Å². The summed E-state index contributed by atoms with van der Waals surface area (Å²) >= 11 is 3.16. The van der Waals surface area contributed by atoms with Crippen molar-refractivity contribution in [2.45, 2.75) is 6.92 Å². The Hall–Kier alpha value is -2.50. The molecule has 4 aromatic rings. The van der Waals surface area contributed by atoms with Crippen LogP contribution in [0.1, 0.15) is 16.6 Å². The minimum Gasteiger partial charge on any atom is -0.308 e. The lowest BCUT2D eigenvalue weighted by Gasteiger charge is -2.20. The third-order valence-corrected chi connectivity index (χ3v) is 6.23. The Labute approximate surface area is 154 Å². The van der Waals surface area contributed by atoms with E-state index in [2.05, 4.69) is 11.1 Å². The van der Waals surface area contributed by atoms with Crippen LogP contribution < -0.4 is 4.90 Å². The fraction of sp³-hybridized carbons (Fsp3) is 0.100. The molecule has 0 bridgehead atoms. The Morgan fingerprint density at radius 3 is 2.48 bits per heavy atom. The number of para-hydroxylation sites is 2. The molecular formula is C20H16N2OS2. The molecule has 4 rings (SSSR count). The molecule has 2 aromatic heterocycles.